The highest BCUT2D eigenvalue weighted by Gasteiger charge is 2.39. The number of allylic oxidation sites excluding steroid dienone is 1. The van der Waals surface area contributed by atoms with Gasteiger partial charge < -0.3 is 30.7 Å². The summed E-state index contributed by atoms with van der Waals surface area (Å²) in [6.45, 7) is 11.6. The second kappa shape index (κ2) is 18.6. The van der Waals surface area contributed by atoms with Gasteiger partial charge in [-0.2, -0.15) is 0 Å². The zero-order chi connectivity index (χ0) is 39.5. The lowest BCUT2D eigenvalue weighted by Crippen LogP contribution is -2.48. The van der Waals surface area contributed by atoms with Gasteiger partial charge in [-0.15, -0.1) is 0 Å². The lowest BCUT2D eigenvalue weighted by molar-refractivity contribution is -0.384. The predicted molar refractivity (Wildman–Crippen MR) is 198 cm³/mol. The topological polar surface area (TPSA) is 215 Å². The van der Waals surface area contributed by atoms with Crippen LogP contribution in [0.15, 0.2) is 95.5 Å². The van der Waals surface area contributed by atoms with Crippen LogP contribution in [-0.4, -0.2) is 94.8 Å². The fourth-order valence-electron chi connectivity index (χ4n) is 6.41. The predicted octanol–water partition coefficient (Wildman–Crippen LogP) is 4.01. The van der Waals surface area contributed by atoms with Crippen LogP contribution in [0, 0.1) is 24.0 Å². The third kappa shape index (κ3) is 10.3. The number of nitrogens with one attached hydrogen (secondary N) is 1. The Kier molecular flexibility index (Phi) is 14.0. The van der Waals surface area contributed by atoms with Gasteiger partial charge in [-0.3, -0.25) is 19.9 Å². The van der Waals surface area contributed by atoms with Gasteiger partial charge in [0, 0.05) is 50.6 Å². The second-order valence-electron chi connectivity index (χ2n) is 12.8. The first-order valence-electron chi connectivity index (χ1n) is 17.3. The van der Waals surface area contributed by atoms with E-state index in [9.17, 15) is 19.7 Å². The van der Waals surface area contributed by atoms with E-state index in [1.165, 1.54) is 40.5 Å². The molecule has 1 fully saturated rings. The van der Waals surface area contributed by atoms with Crippen molar-refractivity contribution in [3.05, 3.63) is 133 Å². The standard InChI is InChI=1S/C37H43N5O6.C2H2O4/c1-5-47-37(44)33-32(29-7-6-8-30(23-29)42(45)46)31(26(4)39-35(33)38)36(43)48-22-21-40-17-19-41(20-18-40)34(27-13-9-24(2)10-14-27)28-15-11-25(3)12-16-28;3-1(4)2(5)6/h6-16,23,32,34,39H,5,17-22,38H2,1-4H3;(H,3,4)(H,5,6). The van der Waals surface area contributed by atoms with Gasteiger partial charge in [0.25, 0.3) is 5.69 Å². The lowest BCUT2D eigenvalue weighted by Gasteiger charge is -2.39. The monoisotopic (exact) mass is 743 g/mol. The molecule has 1 atom stereocenters. The zero-order valence-electron chi connectivity index (χ0n) is 30.6. The number of benzene rings is 3. The summed E-state index contributed by atoms with van der Waals surface area (Å²) in [7, 11) is 0. The van der Waals surface area contributed by atoms with Crippen molar-refractivity contribution in [3.63, 3.8) is 0 Å². The van der Waals surface area contributed by atoms with Crippen LogP contribution >= 0.6 is 0 Å². The van der Waals surface area contributed by atoms with Crippen LogP contribution < -0.4 is 11.1 Å². The molecule has 5 N–H and O–H groups in total. The molecule has 1 unspecified atom stereocenters. The number of carbonyl (C=O) groups is 4. The SMILES string of the molecule is CCOC(=O)C1=C(N)NC(C)=C(C(=O)OCCN2CCN(C(c3ccc(C)cc3)c3ccc(C)cc3)CC2)C1c1cccc([N+](=O)[O-])c1.O=C(O)C(=O)O. The Morgan fingerprint density at radius 1 is 0.852 bits per heavy atom. The van der Waals surface area contributed by atoms with Crippen molar-refractivity contribution >= 4 is 29.6 Å². The maximum Gasteiger partial charge on any atom is 0.414 e. The highest BCUT2D eigenvalue weighted by Crippen LogP contribution is 2.39. The van der Waals surface area contributed by atoms with E-state index in [-0.39, 0.29) is 41.9 Å². The molecule has 3 aromatic carbocycles. The van der Waals surface area contributed by atoms with E-state index in [1.54, 1.807) is 19.9 Å². The number of nitrogens with zero attached hydrogens (tertiary/aromatic N) is 3. The molecular weight excluding hydrogens is 698 g/mol. The van der Waals surface area contributed by atoms with Gasteiger partial charge in [0.1, 0.15) is 12.4 Å². The number of non-ortho nitro benzene ring substituents is 1. The molecule has 5 rings (SSSR count). The molecule has 54 heavy (non-hydrogen) atoms. The number of carboxylic acid groups (broad SMARTS) is 2. The molecule has 3 aromatic rings. The summed E-state index contributed by atoms with van der Waals surface area (Å²) in [6.07, 6.45) is 0. The molecule has 15 heteroatoms. The van der Waals surface area contributed by atoms with Gasteiger partial charge in [-0.1, -0.05) is 71.8 Å². The van der Waals surface area contributed by atoms with Crippen molar-refractivity contribution in [2.45, 2.75) is 39.7 Å². The van der Waals surface area contributed by atoms with Gasteiger partial charge in [-0.05, 0) is 44.4 Å². The lowest BCUT2D eigenvalue weighted by atomic mass is 9.81. The van der Waals surface area contributed by atoms with Crippen molar-refractivity contribution in [1.82, 2.24) is 15.1 Å². The molecule has 0 radical (unpaired) electrons. The molecule has 0 bridgehead atoms. The van der Waals surface area contributed by atoms with Crippen molar-refractivity contribution in [1.29, 1.82) is 0 Å². The summed E-state index contributed by atoms with van der Waals surface area (Å²) in [5, 5.41) is 29.3. The highest BCUT2D eigenvalue weighted by molar-refractivity contribution is 6.27. The van der Waals surface area contributed by atoms with Crippen molar-refractivity contribution in [2.75, 3.05) is 45.9 Å². The molecule has 0 spiro atoms. The number of nitro groups is 1. The van der Waals surface area contributed by atoms with Gasteiger partial charge in [0.2, 0.25) is 0 Å². The second-order valence-corrected chi connectivity index (χ2v) is 12.8. The van der Waals surface area contributed by atoms with E-state index in [0.717, 1.165) is 26.2 Å². The van der Waals surface area contributed by atoms with Crippen LogP contribution in [0.5, 0.6) is 0 Å². The molecule has 2 aliphatic rings. The molecule has 0 aliphatic carbocycles. The summed E-state index contributed by atoms with van der Waals surface area (Å²) in [4.78, 5) is 60.8. The van der Waals surface area contributed by atoms with Crippen molar-refractivity contribution in [3.8, 4) is 0 Å². The first-order valence-corrected chi connectivity index (χ1v) is 17.3. The third-order valence-electron chi connectivity index (χ3n) is 9.11. The number of carbonyl (C=O) groups excluding carboxylic acids is 2. The Morgan fingerprint density at radius 2 is 1.39 bits per heavy atom. The number of rotatable bonds is 11. The maximum atomic E-state index is 13.7. The fourth-order valence-corrected chi connectivity index (χ4v) is 6.41. The molecule has 1 saturated heterocycles. The Hall–Kier alpha value is -6.06. The van der Waals surface area contributed by atoms with Crippen molar-refractivity contribution in [2.24, 2.45) is 5.73 Å². The van der Waals surface area contributed by atoms with Crippen LogP contribution in [0.25, 0.3) is 0 Å². The first kappa shape index (κ1) is 40.7. The minimum Gasteiger partial charge on any atom is -0.473 e. The Bertz CT molecular complexity index is 1860. The van der Waals surface area contributed by atoms with E-state index < -0.39 is 34.7 Å². The third-order valence-corrected chi connectivity index (χ3v) is 9.11. The summed E-state index contributed by atoms with van der Waals surface area (Å²) >= 11 is 0. The van der Waals surface area contributed by atoms with Crippen LogP contribution in [0.4, 0.5) is 5.69 Å². The number of hydrogen-bond donors (Lipinski definition) is 4. The zero-order valence-corrected chi connectivity index (χ0v) is 30.6. The van der Waals surface area contributed by atoms with Crippen LogP contribution in [-0.2, 0) is 28.7 Å². The average molecular weight is 744 g/mol. The first-order chi connectivity index (χ1) is 25.7. The summed E-state index contributed by atoms with van der Waals surface area (Å²) in [5.41, 5.74) is 11.9. The normalized spacial score (nSPS) is 16.2. The smallest absolute Gasteiger partial charge is 0.414 e. The number of nitro benzene ring substituents is 1. The number of nitrogens with two attached hydrogens (primary N) is 1. The largest absolute Gasteiger partial charge is 0.473 e. The Balaban J connectivity index is 0.000001000. The van der Waals surface area contributed by atoms with E-state index >= 15 is 0 Å². The number of aliphatic carboxylic acids is 2. The van der Waals surface area contributed by atoms with E-state index in [2.05, 4.69) is 77.5 Å². The number of carboxylic acids is 2. The molecule has 0 amide bonds. The number of ether oxygens (including phenoxy) is 2. The summed E-state index contributed by atoms with van der Waals surface area (Å²) < 4.78 is 11.1. The highest BCUT2D eigenvalue weighted by atomic mass is 16.6. The van der Waals surface area contributed by atoms with Gasteiger partial charge in [-0.25, -0.2) is 19.2 Å². The van der Waals surface area contributed by atoms with Crippen molar-refractivity contribution < 1.29 is 43.8 Å². The summed E-state index contributed by atoms with van der Waals surface area (Å²) in [6, 6.07) is 23.4. The fraction of sp³-hybridized carbons (Fsp3) is 0.333. The van der Waals surface area contributed by atoms with Gasteiger partial charge in [0.05, 0.1) is 34.6 Å². The van der Waals surface area contributed by atoms with Gasteiger partial charge in [0.15, 0.2) is 0 Å². The molecule has 286 valence electrons. The minimum atomic E-state index is -1.82. The average Bonchev–Trinajstić information content (AvgIpc) is 3.14. The Labute approximate surface area is 312 Å². The number of piperazine rings is 1. The molecule has 2 aliphatic heterocycles. The van der Waals surface area contributed by atoms with Gasteiger partial charge >= 0.3 is 23.9 Å². The number of hydrogen-bond acceptors (Lipinski definition) is 12. The molecular formula is C39H45N5O10. The van der Waals surface area contributed by atoms with Crippen LogP contribution in [0.3, 0.4) is 0 Å². The molecule has 15 nitrogen and oxygen atoms in total. The maximum absolute atomic E-state index is 13.7. The van der Waals surface area contributed by atoms with Crippen LogP contribution in [0.2, 0.25) is 0 Å². The Morgan fingerprint density at radius 3 is 1.89 bits per heavy atom. The summed E-state index contributed by atoms with van der Waals surface area (Å²) in [5.74, 6) is -5.99. The van der Waals surface area contributed by atoms with E-state index in [0.29, 0.717) is 17.8 Å². The molecule has 0 saturated carbocycles. The van der Waals surface area contributed by atoms with Crippen LogP contribution in [0.1, 0.15) is 53.6 Å². The number of dihydropyridines is 1. The number of esters is 2. The quantitative estimate of drug-likeness (QED) is 0.0946. The van der Waals surface area contributed by atoms with E-state index in [1.807, 2.05) is 0 Å². The number of aryl methyl sites for hydroxylation is 2. The minimum absolute atomic E-state index is 0.00253. The van der Waals surface area contributed by atoms with E-state index in [4.69, 9.17) is 35.0 Å². The molecule has 2 heterocycles. The molecule has 0 aromatic heterocycles.